The molecule has 17 heavy (non-hydrogen) atoms. The van der Waals surface area contributed by atoms with Crippen LogP contribution in [0.1, 0.15) is 32.1 Å². The number of anilines is 2. The molecule has 1 saturated carbocycles. The summed E-state index contributed by atoms with van der Waals surface area (Å²) in [6, 6.07) is 4.75. The molecule has 94 valence electrons. The Morgan fingerprint density at radius 2 is 1.94 bits per heavy atom. The number of rotatable bonds is 3. The highest BCUT2D eigenvalue weighted by Gasteiger charge is 2.16. The highest BCUT2D eigenvalue weighted by molar-refractivity contribution is 5.56. The molecule has 3 heteroatoms. The van der Waals surface area contributed by atoms with E-state index in [1.165, 1.54) is 38.2 Å². The smallest absolute Gasteiger partial charge is 0.127 e. The predicted octanol–water partition coefficient (Wildman–Crippen LogP) is 3.42. The molecule has 1 aromatic carbocycles. The van der Waals surface area contributed by atoms with Gasteiger partial charge in [-0.3, -0.25) is 0 Å². The molecular weight excluding hydrogens is 215 g/mol. The van der Waals surface area contributed by atoms with E-state index in [2.05, 4.69) is 4.90 Å². The first-order chi connectivity index (χ1) is 8.15. The molecule has 2 nitrogen and oxygen atoms in total. The molecule has 0 heterocycles. The Bertz CT molecular complexity index is 352. The molecule has 0 aromatic heterocycles. The maximum atomic E-state index is 13.3. The van der Waals surface area contributed by atoms with E-state index in [0.29, 0.717) is 5.69 Å². The molecule has 1 fully saturated rings. The molecule has 0 unspecified atom stereocenters. The molecule has 0 saturated heterocycles. The fourth-order valence-electron chi connectivity index (χ4n) is 2.68. The lowest BCUT2D eigenvalue weighted by Crippen LogP contribution is -2.26. The lowest BCUT2D eigenvalue weighted by Gasteiger charge is -2.28. The predicted molar refractivity (Wildman–Crippen MR) is 70.7 cm³/mol. The van der Waals surface area contributed by atoms with Gasteiger partial charge in [0, 0.05) is 25.0 Å². The van der Waals surface area contributed by atoms with Crippen molar-refractivity contribution in [3.05, 3.63) is 24.0 Å². The van der Waals surface area contributed by atoms with Gasteiger partial charge in [-0.15, -0.1) is 0 Å². The first-order valence-electron chi connectivity index (χ1n) is 6.42. The van der Waals surface area contributed by atoms with Gasteiger partial charge in [-0.2, -0.15) is 0 Å². The van der Waals surface area contributed by atoms with Crippen molar-refractivity contribution in [3.8, 4) is 0 Å². The van der Waals surface area contributed by atoms with Crippen LogP contribution in [0.15, 0.2) is 18.2 Å². The SMILES string of the molecule is CN(CC1CCCCC1)c1cc(N)cc(F)c1. The molecular formula is C14H21FN2. The van der Waals surface area contributed by atoms with Crippen molar-refractivity contribution in [1.29, 1.82) is 0 Å². The third kappa shape index (κ3) is 3.35. The number of nitrogen functional groups attached to an aromatic ring is 1. The van der Waals surface area contributed by atoms with Crippen LogP contribution in [0.3, 0.4) is 0 Å². The summed E-state index contributed by atoms with van der Waals surface area (Å²) in [6.45, 7) is 1.00. The van der Waals surface area contributed by atoms with Gasteiger partial charge in [-0.05, 0) is 37.0 Å². The van der Waals surface area contributed by atoms with Crippen LogP contribution in [-0.2, 0) is 0 Å². The summed E-state index contributed by atoms with van der Waals surface area (Å²) in [5.74, 6) is 0.494. The molecule has 0 bridgehead atoms. The largest absolute Gasteiger partial charge is 0.399 e. The fourth-order valence-corrected chi connectivity index (χ4v) is 2.68. The maximum Gasteiger partial charge on any atom is 0.127 e. The zero-order valence-corrected chi connectivity index (χ0v) is 10.5. The summed E-state index contributed by atoms with van der Waals surface area (Å²) >= 11 is 0. The zero-order chi connectivity index (χ0) is 12.3. The summed E-state index contributed by atoms with van der Waals surface area (Å²) in [4.78, 5) is 2.12. The molecule has 1 aromatic rings. The van der Waals surface area contributed by atoms with E-state index < -0.39 is 0 Å². The highest BCUT2D eigenvalue weighted by atomic mass is 19.1. The van der Waals surface area contributed by atoms with E-state index in [-0.39, 0.29) is 5.82 Å². The monoisotopic (exact) mass is 236 g/mol. The molecule has 1 aliphatic carbocycles. The first-order valence-corrected chi connectivity index (χ1v) is 6.42. The Balaban J connectivity index is 2.00. The van der Waals surface area contributed by atoms with Gasteiger partial charge in [0.2, 0.25) is 0 Å². The average molecular weight is 236 g/mol. The van der Waals surface area contributed by atoms with Crippen molar-refractivity contribution in [3.63, 3.8) is 0 Å². The minimum absolute atomic E-state index is 0.254. The van der Waals surface area contributed by atoms with Crippen molar-refractivity contribution in [2.45, 2.75) is 32.1 Å². The van der Waals surface area contributed by atoms with E-state index in [1.54, 1.807) is 6.07 Å². The first kappa shape index (κ1) is 12.2. The number of nitrogens with zero attached hydrogens (tertiary/aromatic N) is 1. The highest BCUT2D eigenvalue weighted by Crippen LogP contribution is 2.26. The molecule has 0 amide bonds. The normalized spacial score (nSPS) is 17.1. The van der Waals surface area contributed by atoms with E-state index >= 15 is 0 Å². The number of hydrogen-bond donors (Lipinski definition) is 1. The number of hydrogen-bond acceptors (Lipinski definition) is 2. The molecule has 0 atom stereocenters. The van der Waals surface area contributed by atoms with Crippen LogP contribution >= 0.6 is 0 Å². The average Bonchev–Trinajstić information content (AvgIpc) is 2.29. The van der Waals surface area contributed by atoms with Gasteiger partial charge in [0.15, 0.2) is 0 Å². The van der Waals surface area contributed by atoms with E-state index in [0.717, 1.165) is 18.2 Å². The Kier molecular flexibility index (Phi) is 3.87. The summed E-state index contributed by atoms with van der Waals surface area (Å²) in [5, 5.41) is 0. The fraction of sp³-hybridized carbons (Fsp3) is 0.571. The van der Waals surface area contributed by atoms with Crippen LogP contribution in [0.25, 0.3) is 0 Å². The lowest BCUT2D eigenvalue weighted by molar-refractivity contribution is 0.362. The van der Waals surface area contributed by atoms with Gasteiger partial charge >= 0.3 is 0 Å². The van der Waals surface area contributed by atoms with Crippen molar-refractivity contribution in [2.24, 2.45) is 5.92 Å². The van der Waals surface area contributed by atoms with Gasteiger partial charge in [0.1, 0.15) is 5.82 Å². The van der Waals surface area contributed by atoms with Gasteiger partial charge < -0.3 is 10.6 Å². The van der Waals surface area contributed by atoms with Crippen molar-refractivity contribution in [2.75, 3.05) is 24.2 Å². The Morgan fingerprint density at radius 1 is 1.24 bits per heavy atom. The van der Waals surface area contributed by atoms with Gasteiger partial charge in [-0.25, -0.2) is 4.39 Å². The van der Waals surface area contributed by atoms with Crippen LogP contribution in [0.2, 0.25) is 0 Å². The lowest BCUT2D eigenvalue weighted by atomic mass is 9.89. The molecule has 0 aliphatic heterocycles. The Morgan fingerprint density at radius 3 is 2.59 bits per heavy atom. The Hall–Kier alpha value is -1.25. The van der Waals surface area contributed by atoms with Crippen LogP contribution < -0.4 is 10.6 Å². The van der Waals surface area contributed by atoms with Crippen molar-refractivity contribution in [1.82, 2.24) is 0 Å². The number of nitrogens with two attached hydrogens (primary N) is 1. The van der Waals surface area contributed by atoms with Crippen LogP contribution in [0.4, 0.5) is 15.8 Å². The molecule has 0 radical (unpaired) electrons. The topological polar surface area (TPSA) is 29.3 Å². The summed E-state index contributed by atoms with van der Waals surface area (Å²) in [7, 11) is 2.02. The third-order valence-electron chi connectivity index (χ3n) is 3.60. The van der Waals surface area contributed by atoms with Crippen LogP contribution in [-0.4, -0.2) is 13.6 Å². The summed E-state index contributed by atoms with van der Waals surface area (Å²) in [6.07, 6.45) is 6.64. The standard InChI is InChI=1S/C14H21FN2/c1-17(10-11-5-3-2-4-6-11)14-8-12(15)7-13(16)9-14/h7-9,11H,2-6,10,16H2,1H3. The maximum absolute atomic E-state index is 13.3. The molecule has 1 aliphatic rings. The third-order valence-corrected chi connectivity index (χ3v) is 3.60. The quantitative estimate of drug-likeness (QED) is 0.815. The molecule has 2 N–H and O–H groups in total. The van der Waals surface area contributed by atoms with E-state index in [9.17, 15) is 4.39 Å². The van der Waals surface area contributed by atoms with Crippen LogP contribution in [0, 0.1) is 11.7 Å². The van der Waals surface area contributed by atoms with Crippen molar-refractivity contribution < 1.29 is 4.39 Å². The van der Waals surface area contributed by atoms with Gasteiger partial charge in [-0.1, -0.05) is 19.3 Å². The number of benzene rings is 1. The molecule has 2 rings (SSSR count). The van der Waals surface area contributed by atoms with Gasteiger partial charge in [0.05, 0.1) is 0 Å². The van der Waals surface area contributed by atoms with Gasteiger partial charge in [0.25, 0.3) is 0 Å². The molecule has 0 spiro atoms. The number of halogens is 1. The second kappa shape index (κ2) is 5.39. The minimum Gasteiger partial charge on any atom is -0.399 e. The minimum atomic E-state index is -0.254. The second-order valence-corrected chi connectivity index (χ2v) is 5.13. The summed E-state index contributed by atoms with van der Waals surface area (Å²) < 4.78 is 13.3. The zero-order valence-electron chi connectivity index (χ0n) is 10.5. The Labute approximate surface area is 103 Å². The van der Waals surface area contributed by atoms with E-state index in [1.807, 2.05) is 13.1 Å². The van der Waals surface area contributed by atoms with E-state index in [4.69, 9.17) is 5.73 Å². The van der Waals surface area contributed by atoms with Crippen molar-refractivity contribution >= 4 is 11.4 Å². The van der Waals surface area contributed by atoms with Crippen LogP contribution in [0.5, 0.6) is 0 Å². The second-order valence-electron chi connectivity index (χ2n) is 5.13. The summed E-state index contributed by atoms with van der Waals surface area (Å²) in [5.41, 5.74) is 7.04.